The fourth-order valence-electron chi connectivity index (χ4n) is 4.11. The van der Waals surface area contributed by atoms with Gasteiger partial charge in [-0.3, -0.25) is 4.79 Å². The van der Waals surface area contributed by atoms with Crippen molar-refractivity contribution in [3.63, 3.8) is 0 Å². The Morgan fingerprint density at radius 3 is 2.48 bits per heavy atom. The molecular weight excluding hydrogens is 392 g/mol. The van der Waals surface area contributed by atoms with Crippen LogP contribution in [0.3, 0.4) is 0 Å². The van der Waals surface area contributed by atoms with Gasteiger partial charge in [0, 0.05) is 31.3 Å². The highest BCUT2D eigenvalue weighted by molar-refractivity contribution is 7.89. The second-order valence-electron chi connectivity index (χ2n) is 7.69. The monoisotopic (exact) mass is 416 g/mol. The summed E-state index contributed by atoms with van der Waals surface area (Å²) in [7, 11) is -3.65. The van der Waals surface area contributed by atoms with E-state index in [-0.39, 0.29) is 25.2 Å². The summed E-state index contributed by atoms with van der Waals surface area (Å²) in [5, 5.41) is 0. The van der Waals surface area contributed by atoms with Crippen molar-refractivity contribution in [1.82, 2.24) is 4.72 Å². The molecule has 0 aromatic heterocycles. The molecule has 154 valence electrons. The van der Waals surface area contributed by atoms with Crippen LogP contribution in [-0.4, -0.2) is 34.2 Å². The Labute approximate surface area is 170 Å². The molecule has 2 aromatic carbocycles. The Kier molecular flexibility index (Phi) is 5.00. The maximum atomic E-state index is 12.9. The van der Waals surface area contributed by atoms with Crippen LogP contribution in [0.1, 0.15) is 23.1 Å². The number of nitrogens with zero attached hydrogens (tertiary/aromatic N) is 1. The van der Waals surface area contributed by atoms with Gasteiger partial charge in [0.15, 0.2) is 11.5 Å². The van der Waals surface area contributed by atoms with Crippen molar-refractivity contribution in [2.45, 2.75) is 32.1 Å². The highest BCUT2D eigenvalue weighted by Crippen LogP contribution is 2.37. The van der Waals surface area contributed by atoms with Crippen molar-refractivity contribution in [2.24, 2.45) is 5.92 Å². The number of fused-ring (bicyclic) bond motifs is 1. The topological polar surface area (TPSA) is 84.9 Å². The summed E-state index contributed by atoms with van der Waals surface area (Å²) in [6, 6.07) is 9.11. The molecule has 0 spiro atoms. The van der Waals surface area contributed by atoms with E-state index in [4.69, 9.17) is 9.47 Å². The number of hydrogen-bond donors (Lipinski definition) is 1. The molecule has 1 amide bonds. The molecule has 2 heterocycles. The van der Waals surface area contributed by atoms with Gasteiger partial charge < -0.3 is 14.4 Å². The average molecular weight is 416 g/mol. The lowest BCUT2D eigenvalue weighted by atomic mass is 10.1. The summed E-state index contributed by atoms with van der Waals surface area (Å²) in [5.41, 5.74) is 3.20. The van der Waals surface area contributed by atoms with E-state index in [1.165, 1.54) is 0 Å². The Balaban J connectivity index is 1.45. The normalized spacial score (nSPS) is 18.5. The average Bonchev–Trinajstić information content (AvgIpc) is 3.24. The molecule has 2 aliphatic heterocycles. The quantitative estimate of drug-likeness (QED) is 0.810. The molecule has 0 unspecified atom stereocenters. The lowest BCUT2D eigenvalue weighted by Gasteiger charge is -2.18. The molecule has 29 heavy (non-hydrogen) atoms. The van der Waals surface area contributed by atoms with Gasteiger partial charge in [0.1, 0.15) is 0 Å². The smallest absolute Gasteiger partial charge is 0.241 e. The molecule has 1 N–H and O–H groups in total. The van der Waals surface area contributed by atoms with E-state index in [2.05, 4.69) is 4.72 Å². The van der Waals surface area contributed by atoms with Crippen LogP contribution < -0.4 is 19.1 Å². The maximum absolute atomic E-state index is 12.9. The molecule has 0 aliphatic carbocycles. The van der Waals surface area contributed by atoms with Gasteiger partial charge in [-0.1, -0.05) is 17.7 Å². The van der Waals surface area contributed by atoms with Crippen LogP contribution in [0, 0.1) is 26.7 Å². The second kappa shape index (κ2) is 7.35. The van der Waals surface area contributed by atoms with E-state index in [1.807, 2.05) is 25.1 Å². The molecule has 7 nitrogen and oxygen atoms in total. The molecular formula is C21H24N2O5S. The van der Waals surface area contributed by atoms with Crippen LogP contribution in [0.15, 0.2) is 35.2 Å². The van der Waals surface area contributed by atoms with E-state index in [0.29, 0.717) is 29.4 Å². The van der Waals surface area contributed by atoms with Crippen molar-refractivity contribution in [3.8, 4) is 11.5 Å². The van der Waals surface area contributed by atoms with Crippen molar-refractivity contribution in [1.29, 1.82) is 0 Å². The second-order valence-corrected chi connectivity index (χ2v) is 9.40. The minimum Gasteiger partial charge on any atom is -0.454 e. The van der Waals surface area contributed by atoms with Gasteiger partial charge in [-0.15, -0.1) is 0 Å². The first-order valence-electron chi connectivity index (χ1n) is 9.52. The minimum atomic E-state index is -3.65. The fourth-order valence-corrected chi connectivity index (χ4v) is 5.68. The molecule has 0 radical (unpaired) electrons. The molecule has 8 heteroatoms. The van der Waals surface area contributed by atoms with Gasteiger partial charge in [0.2, 0.25) is 22.7 Å². The number of aryl methyl sites for hydroxylation is 3. The first-order valence-corrected chi connectivity index (χ1v) is 11.0. The molecule has 1 atom stereocenters. The minimum absolute atomic E-state index is 0.0317. The van der Waals surface area contributed by atoms with Crippen LogP contribution in [0.5, 0.6) is 11.5 Å². The Hall–Kier alpha value is -2.58. The summed E-state index contributed by atoms with van der Waals surface area (Å²) in [6.07, 6.45) is 0.294. The van der Waals surface area contributed by atoms with Crippen molar-refractivity contribution < 1.29 is 22.7 Å². The number of anilines is 1. The van der Waals surface area contributed by atoms with E-state index < -0.39 is 10.0 Å². The Bertz CT molecular complexity index is 1060. The number of carbonyl (C=O) groups is 1. The number of sulfonamides is 1. The van der Waals surface area contributed by atoms with Gasteiger partial charge in [0.05, 0.1) is 4.90 Å². The van der Waals surface area contributed by atoms with E-state index in [1.54, 1.807) is 30.9 Å². The lowest BCUT2D eigenvalue weighted by Crippen LogP contribution is -2.32. The standard InChI is InChI=1S/C21H24N2O5S/c1-13-6-14(2)21(15(3)7-13)29(25,26)22-10-16-8-20(24)23(11-16)17-4-5-18-19(9-17)28-12-27-18/h4-7,9,16,22H,8,10-12H2,1-3H3/t16-/m0/s1. The predicted octanol–water partition coefficient (Wildman–Crippen LogP) is 2.67. The number of amides is 1. The van der Waals surface area contributed by atoms with Crippen LogP contribution >= 0.6 is 0 Å². The number of ether oxygens (including phenoxy) is 2. The maximum Gasteiger partial charge on any atom is 0.241 e. The fraction of sp³-hybridized carbons (Fsp3) is 0.381. The van der Waals surface area contributed by atoms with E-state index in [0.717, 1.165) is 22.4 Å². The third kappa shape index (κ3) is 3.82. The first-order chi connectivity index (χ1) is 13.7. The summed E-state index contributed by atoms with van der Waals surface area (Å²) in [4.78, 5) is 14.5. The van der Waals surface area contributed by atoms with Crippen LogP contribution in [-0.2, 0) is 14.8 Å². The van der Waals surface area contributed by atoms with Gasteiger partial charge >= 0.3 is 0 Å². The number of benzene rings is 2. The van der Waals surface area contributed by atoms with Crippen molar-refractivity contribution in [2.75, 3.05) is 24.8 Å². The van der Waals surface area contributed by atoms with Crippen molar-refractivity contribution in [3.05, 3.63) is 47.0 Å². The van der Waals surface area contributed by atoms with E-state index in [9.17, 15) is 13.2 Å². The third-order valence-electron chi connectivity index (χ3n) is 5.31. The van der Waals surface area contributed by atoms with Crippen LogP contribution in [0.2, 0.25) is 0 Å². The zero-order chi connectivity index (χ0) is 20.8. The predicted molar refractivity (Wildman–Crippen MR) is 109 cm³/mol. The molecule has 1 saturated heterocycles. The summed E-state index contributed by atoms with van der Waals surface area (Å²) in [6.45, 7) is 6.38. The molecule has 2 aromatic rings. The number of rotatable bonds is 5. The largest absolute Gasteiger partial charge is 0.454 e. The third-order valence-corrected chi connectivity index (χ3v) is 7.04. The first kappa shape index (κ1) is 19.7. The number of hydrogen-bond acceptors (Lipinski definition) is 5. The van der Waals surface area contributed by atoms with Gasteiger partial charge in [-0.05, 0) is 49.9 Å². The highest BCUT2D eigenvalue weighted by Gasteiger charge is 2.32. The zero-order valence-corrected chi connectivity index (χ0v) is 17.5. The van der Waals surface area contributed by atoms with Crippen LogP contribution in [0.25, 0.3) is 0 Å². The summed E-state index contributed by atoms with van der Waals surface area (Å²) < 4.78 is 39.1. The molecule has 0 saturated carbocycles. The molecule has 4 rings (SSSR count). The van der Waals surface area contributed by atoms with Crippen LogP contribution in [0.4, 0.5) is 5.69 Å². The number of nitrogens with one attached hydrogen (secondary N) is 1. The van der Waals surface area contributed by atoms with E-state index >= 15 is 0 Å². The molecule has 1 fully saturated rings. The summed E-state index contributed by atoms with van der Waals surface area (Å²) in [5.74, 6) is 1.14. The molecule has 2 aliphatic rings. The lowest BCUT2D eigenvalue weighted by molar-refractivity contribution is -0.117. The summed E-state index contributed by atoms with van der Waals surface area (Å²) >= 11 is 0. The number of carbonyl (C=O) groups excluding carboxylic acids is 1. The highest BCUT2D eigenvalue weighted by atomic mass is 32.2. The molecule has 0 bridgehead atoms. The van der Waals surface area contributed by atoms with Gasteiger partial charge in [0.25, 0.3) is 0 Å². The van der Waals surface area contributed by atoms with Gasteiger partial charge in [-0.2, -0.15) is 0 Å². The Morgan fingerprint density at radius 1 is 1.07 bits per heavy atom. The van der Waals surface area contributed by atoms with Gasteiger partial charge in [-0.25, -0.2) is 13.1 Å². The zero-order valence-electron chi connectivity index (χ0n) is 16.7. The Morgan fingerprint density at radius 2 is 1.76 bits per heavy atom. The SMILES string of the molecule is Cc1cc(C)c(S(=O)(=O)NC[C@@H]2CC(=O)N(c3ccc4c(c3)OCO4)C2)c(C)c1. The van der Waals surface area contributed by atoms with Crippen molar-refractivity contribution >= 4 is 21.6 Å².